The second-order valence-electron chi connectivity index (χ2n) is 9.51. The van der Waals surface area contributed by atoms with E-state index in [1.807, 2.05) is 48.5 Å². The highest BCUT2D eigenvalue weighted by Gasteiger charge is 2.42. The Bertz CT molecular complexity index is 829. The van der Waals surface area contributed by atoms with Crippen molar-refractivity contribution in [3.8, 4) is 5.75 Å². The molecule has 180 valence electrons. The third-order valence-corrected chi connectivity index (χ3v) is 7.08. The molecule has 1 unspecified atom stereocenters. The number of ether oxygens (including phenoxy) is 2. The minimum Gasteiger partial charge on any atom is -0.489 e. The third-order valence-electron chi connectivity index (χ3n) is 7.08. The number of carbonyl (C=O) groups excluding carboxylic acids is 1. The van der Waals surface area contributed by atoms with Crippen molar-refractivity contribution in [1.82, 2.24) is 4.90 Å². The normalized spacial score (nSPS) is 20.2. The van der Waals surface area contributed by atoms with Crippen LogP contribution in [0.4, 0.5) is 0 Å². The van der Waals surface area contributed by atoms with Gasteiger partial charge in [-0.25, -0.2) is 0 Å². The van der Waals surface area contributed by atoms with Crippen molar-refractivity contribution in [3.05, 3.63) is 66.2 Å². The lowest BCUT2D eigenvalue weighted by molar-refractivity contribution is -0.159. The molecule has 1 saturated carbocycles. The van der Waals surface area contributed by atoms with Crippen LogP contribution in [0.25, 0.3) is 0 Å². The first-order chi connectivity index (χ1) is 15.7. The first-order valence-corrected chi connectivity index (χ1v) is 12.4. The van der Waals surface area contributed by atoms with Crippen molar-refractivity contribution in [2.24, 2.45) is 0 Å². The number of halogens is 1. The van der Waals surface area contributed by atoms with Gasteiger partial charge in [-0.1, -0.05) is 74.2 Å². The van der Waals surface area contributed by atoms with E-state index < -0.39 is 5.41 Å². The lowest BCUT2D eigenvalue weighted by atomic mass is 9.74. The van der Waals surface area contributed by atoms with Gasteiger partial charge >= 0.3 is 5.97 Å². The number of nitrogens with zero attached hydrogens (tertiary/aromatic N) is 1. The van der Waals surface area contributed by atoms with Crippen LogP contribution in [0, 0.1) is 0 Å². The van der Waals surface area contributed by atoms with E-state index in [9.17, 15) is 4.79 Å². The molecule has 2 aromatic rings. The number of hydrogen-bond donors (Lipinski definition) is 0. The van der Waals surface area contributed by atoms with Gasteiger partial charge in [0.05, 0.1) is 5.41 Å². The molecule has 5 heteroatoms. The van der Waals surface area contributed by atoms with Crippen LogP contribution in [0.1, 0.15) is 63.9 Å². The second-order valence-corrected chi connectivity index (χ2v) is 9.51. The third kappa shape index (κ3) is 6.83. The summed E-state index contributed by atoms with van der Waals surface area (Å²) in [6, 6.07) is 20.3. The summed E-state index contributed by atoms with van der Waals surface area (Å²) in [5.74, 6) is 0.920. The summed E-state index contributed by atoms with van der Waals surface area (Å²) in [6.07, 6.45) is 8.38. The van der Waals surface area contributed by atoms with Gasteiger partial charge in [-0.2, -0.15) is 0 Å². The number of hydrogen-bond acceptors (Lipinski definition) is 4. The average Bonchev–Trinajstić information content (AvgIpc) is 3.09. The fraction of sp³-hybridized carbons (Fsp3) is 0.536. The van der Waals surface area contributed by atoms with Crippen molar-refractivity contribution in [1.29, 1.82) is 0 Å². The van der Waals surface area contributed by atoms with Gasteiger partial charge in [-0.15, -0.1) is 17.0 Å². The highest BCUT2D eigenvalue weighted by molar-refractivity contribution is 8.93. The number of rotatable bonds is 7. The molecular formula is C28H38BrNO3. The monoisotopic (exact) mass is 515 g/mol. The minimum atomic E-state index is -0.465. The maximum atomic E-state index is 13.5. The number of benzene rings is 2. The molecule has 0 bridgehead atoms. The quantitative estimate of drug-likeness (QED) is 0.318. The van der Waals surface area contributed by atoms with Crippen LogP contribution in [0.3, 0.4) is 0 Å². The molecule has 2 aromatic carbocycles. The number of piperidine rings is 1. The number of para-hydroxylation sites is 1. The van der Waals surface area contributed by atoms with Gasteiger partial charge in [0.25, 0.3) is 0 Å². The molecule has 0 spiro atoms. The Morgan fingerprint density at radius 2 is 1.52 bits per heavy atom. The largest absolute Gasteiger partial charge is 0.489 e. The highest BCUT2D eigenvalue weighted by atomic mass is 79.9. The lowest BCUT2D eigenvalue weighted by Gasteiger charge is -2.36. The molecule has 1 atom stereocenters. The van der Waals surface area contributed by atoms with E-state index in [0.717, 1.165) is 69.5 Å². The predicted octanol–water partition coefficient (Wildman–Crippen LogP) is 6.33. The SMILES string of the molecule is Br.CC(CN1CCC(OC(=O)C2(c3ccccc3)CCCCCC2)CC1)Oc1ccccc1. The predicted molar refractivity (Wildman–Crippen MR) is 138 cm³/mol. The standard InChI is InChI=1S/C28H37NO3.BrH/c1-23(31-25-14-8-5-9-15-25)22-29-20-16-26(17-21-29)32-27(30)28(18-10-2-3-11-19-28)24-12-6-4-7-13-24;/h4-9,12-15,23,26H,2-3,10-11,16-22H2,1H3;1H. The van der Waals surface area contributed by atoms with Crippen LogP contribution in [0.2, 0.25) is 0 Å². The summed E-state index contributed by atoms with van der Waals surface area (Å²) in [4.78, 5) is 16.0. The summed E-state index contributed by atoms with van der Waals surface area (Å²) >= 11 is 0. The van der Waals surface area contributed by atoms with E-state index in [2.05, 4.69) is 24.0 Å². The molecule has 1 aliphatic heterocycles. The van der Waals surface area contributed by atoms with Crippen molar-refractivity contribution in [2.75, 3.05) is 19.6 Å². The van der Waals surface area contributed by atoms with E-state index in [1.54, 1.807) is 0 Å². The Morgan fingerprint density at radius 3 is 2.12 bits per heavy atom. The maximum Gasteiger partial charge on any atom is 0.316 e. The molecule has 1 heterocycles. The zero-order chi connectivity index (χ0) is 22.2. The summed E-state index contributed by atoms with van der Waals surface area (Å²) in [5.41, 5.74) is 0.670. The topological polar surface area (TPSA) is 38.8 Å². The molecular weight excluding hydrogens is 478 g/mol. The zero-order valence-corrected chi connectivity index (χ0v) is 21.5. The fourth-order valence-electron chi connectivity index (χ4n) is 5.31. The molecule has 2 aliphatic rings. The molecule has 1 aliphatic carbocycles. The van der Waals surface area contributed by atoms with Gasteiger partial charge in [0, 0.05) is 19.6 Å². The Kier molecular flexibility index (Phi) is 9.81. The summed E-state index contributed by atoms with van der Waals surface area (Å²) in [6.45, 7) is 4.90. The summed E-state index contributed by atoms with van der Waals surface area (Å²) in [5, 5.41) is 0. The Labute approximate surface area is 209 Å². The zero-order valence-electron chi connectivity index (χ0n) is 19.8. The minimum absolute atomic E-state index is 0. The van der Waals surface area contributed by atoms with Gasteiger partial charge in [-0.05, 0) is 50.3 Å². The molecule has 1 saturated heterocycles. The molecule has 2 fully saturated rings. The van der Waals surface area contributed by atoms with Crippen molar-refractivity contribution in [3.63, 3.8) is 0 Å². The van der Waals surface area contributed by atoms with E-state index >= 15 is 0 Å². The molecule has 0 radical (unpaired) electrons. The van der Waals surface area contributed by atoms with Crippen molar-refractivity contribution >= 4 is 23.0 Å². The molecule has 33 heavy (non-hydrogen) atoms. The van der Waals surface area contributed by atoms with Crippen LogP contribution >= 0.6 is 17.0 Å². The van der Waals surface area contributed by atoms with Gasteiger partial charge < -0.3 is 9.47 Å². The lowest BCUT2D eigenvalue weighted by Crippen LogP contribution is -2.44. The van der Waals surface area contributed by atoms with Gasteiger partial charge in [0.1, 0.15) is 18.0 Å². The van der Waals surface area contributed by atoms with Crippen LogP contribution in [0.5, 0.6) is 5.75 Å². The van der Waals surface area contributed by atoms with Crippen LogP contribution in [0.15, 0.2) is 60.7 Å². The van der Waals surface area contributed by atoms with Gasteiger partial charge in [0.15, 0.2) is 0 Å². The fourth-order valence-corrected chi connectivity index (χ4v) is 5.31. The Hall–Kier alpha value is -1.85. The first-order valence-electron chi connectivity index (χ1n) is 12.4. The van der Waals surface area contributed by atoms with Crippen LogP contribution in [-0.2, 0) is 14.9 Å². The molecule has 4 rings (SSSR count). The molecule has 0 N–H and O–H groups in total. The molecule has 0 aromatic heterocycles. The smallest absolute Gasteiger partial charge is 0.316 e. The number of likely N-dealkylation sites (tertiary alicyclic amines) is 1. The summed E-state index contributed by atoms with van der Waals surface area (Å²) < 4.78 is 12.2. The highest BCUT2D eigenvalue weighted by Crippen LogP contribution is 2.40. The van der Waals surface area contributed by atoms with E-state index in [-0.39, 0.29) is 35.2 Å². The average molecular weight is 517 g/mol. The second kappa shape index (κ2) is 12.6. The van der Waals surface area contributed by atoms with E-state index in [0.29, 0.717) is 0 Å². The van der Waals surface area contributed by atoms with Crippen molar-refractivity contribution in [2.45, 2.75) is 75.9 Å². The van der Waals surface area contributed by atoms with E-state index in [4.69, 9.17) is 9.47 Å². The summed E-state index contributed by atoms with van der Waals surface area (Å²) in [7, 11) is 0. The van der Waals surface area contributed by atoms with Crippen LogP contribution < -0.4 is 4.74 Å². The number of esters is 1. The maximum absolute atomic E-state index is 13.5. The van der Waals surface area contributed by atoms with Crippen molar-refractivity contribution < 1.29 is 14.3 Å². The number of carbonyl (C=O) groups is 1. The van der Waals surface area contributed by atoms with Crippen LogP contribution in [-0.4, -0.2) is 42.7 Å². The first kappa shape index (κ1) is 25.8. The van der Waals surface area contributed by atoms with Gasteiger partial charge in [-0.3, -0.25) is 9.69 Å². The molecule has 4 nitrogen and oxygen atoms in total. The Morgan fingerprint density at radius 1 is 0.939 bits per heavy atom. The van der Waals surface area contributed by atoms with Gasteiger partial charge in [0.2, 0.25) is 0 Å². The Balaban J connectivity index is 0.00000306. The van der Waals surface area contributed by atoms with E-state index in [1.165, 1.54) is 12.8 Å². The molecule has 0 amide bonds.